The molecule has 23 heavy (non-hydrogen) atoms. The van der Waals surface area contributed by atoms with Crippen molar-refractivity contribution in [3.8, 4) is 0 Å². The molecule has 1 aromatic heterocycles. The van der Waals surface area contributed by atoms with Crippen LogP contribution >= 0.6 is 0 Å². The van der Waals surface area contributed by atoms with Gasteiger partial charge in [0.15, 0.2) is 0 Å². The third kappa shape index (κ3) is 3.26. The Morgan fingerprint density at radius 2 is 2.13 bits per heavy atom. The van der Waals surface area contributed by atoms with Crippen LogP contribution in [0.15, 0.2) is 34.7 Å². The van der Waals surface area contributed by atoms with E-state index in [1.54, 1.807) is 7.11 Å². The zero-order chi connectivity index (χ0) is 16.3. The Hall–Kier alpha value is -1.85. The van der Waals surface area contributed by atoms with Gasteiger partial charge in [-0.05, 0) is 45.0 Å². The van der Waals surface area contributed by atoms with Crippen molar-refractivity contribution < 1.29 is 13.9 Å². The van der Waals surface area contributed by atoms with Gasteiger partial charge >= 0.3 is 0 Å². The van der Waals surface area contributed by atoms with Crippen LogP contribution in [-0.4, -0.2) is 32.7 Å². The van der Waals surface area contributed by atoms with E-state index >= 15 is 0 Å². The highest BCUT2D eigenvalue weighted by molar-refractivity contribution is 5.83. The number of ether oxygens (including phenoxy) is 1. The zero-order valence-electron chi connectivity index (χ0n) is 13.7. The average Bonchev–Trinajstić information content (AvgIpc) is 3.00. The standard InChI is InChI=1S/C18H24N2O3/c1-13(16-11-14-5-3-4-6-15(14)23-16)20-17(21)18(12-22-2)7-9-19-10-8-18/h3-6,11,13,19H,7-10,12H2,1-2H3,(H,20,21). The van der Waals surface area contributed by atoms with E-state index in [0.29, 0.717) is 6.61 Å². The molecule has 2 N–H and O–H groups in total. The Balaban J connectivity index is 1.75. The van der Waals surface area contributed by atoms with Crippen molar-refractivity contribution in [1.29, 1.82) is 0 Å². The summed E-state index contributed by atoms with van der Waals surface area (Å²) < 4.78 is 11.2. The van der Waals surface area contributed by atoms with Crippen LogP contribution in [0.1, 0.15) is 31.6 Å². The minimum atomic E-state index is -0.444. The summed E-state index contributed by atoms with van der Waals surface area (Å²) in [5, 5.41) is 7.47. The quantitative estimate of drug-likeness (QED) is 0.890. The van der Waals surface area contributed by atoms with Crippen molar-refractivity contribution in [2.75, 3.05) is 26.8 Å². The molecule has 1 aromatic carbocycles. The Bertz CT molecular complexity index is 635. The van der Waals surface area contributed by atoms with Gasteiger partial charge in [0.1, 0.15) is 11.3 Å². The lowest BCUT2D eigenvalue weighted by molar-refractivity contribution is -0.137. The van der Waals surface area contributed by atoms with Crippen LogP contribution in [0.5, 0.6) is 0 Å². The van der Waals surface area contributed by atoms with Gasteiger partial charge in [-0.15, -0.1) is 0 Å². The number of methoxy groups -OCH3 is 1. The molecule has 5 heteroatoms. The van der Waals surface area contributed by atoms with Crippen LogP contribution in [0.4, 0.5) is 0 Å². The molecule has 1 fully saturated rings. The molecule has 124 valence electrons. The molecule has 1 atom stereocenters. The first-order valence-corrected chi connectivity index (χ1v) is 8.14. The summed E-state index contributed by atoms with van der Waals surface area (Å²) >= 11 is 0. The largest absolute Gasteiger partial charge is 0.459 e. The summed E-state index contributed by atoms with van der Waals surface area (Å²) in [6, 6.07) is 9.70. The van der Waals surface area contributed by atoms with E-state index in [0.717, 1.165) is 42.7 Å². The summed E-state index contributed by atoms with van der Waals surface area (Å²) in [6.07, 6.45) is 1.58. The summed E-state index contributed by atoms with van der Waals surface area (Å²) in [5.74, 6) is 0.829. The fourth-order valence-electron chi connectivity index (χ4n) is 3.26. The molecular formula is C18H24N2O3. The van der Waals surface area contributed by atoms with Crippen LogP contribution in [0, 0.1) is 5.41 Å². The molecule has 0 radical (unpaired) electrons. The number of rotatable bonds is 5. The lowest BCUT2D eigenvalue weighted by atomic mass is 9.78. The molecule has 3 rings (SSSR count). The number of nitrogens with one attached hydrogen (secondary N) is 2. The van der Waals surface area contributed by atoms with Crippen LogP contribution in [-0.2, 0) is 9.53 Å². The minimum absolute atomic E-state index is 0.0498. The van der Waals surface area contributed by atoms with Gasteiger partial charge in [-0.25, -0.2) is 0 Å². The van der Waals surface area contributed by atoms with Crippen LogP contribution < -0.4 is 10.6 Å². The lowest BCUT2D eigenvalue weighted by Crippen LogP contribution is -2.50. The first kappa shape index (κ1) is 16.0. The molecule has 1 aliphatic rings. The highest BCUT2D eigenvalue weighted by Gasteiger charge is 2.40. The predicted molar refractivity (Wildman–Crippen MR) is 89.2 cm³/mol. The maximum atomic E-state index is 12.8. The summed E-state index contributed by atoms with van der Waals surface area (Å²) in [5.41, 5.74) is 0.400. The van der Waals surface area contributed by atoms with Crippen molar-refractivity contribution in [3.63, 3.8) is 0 Å². The van der Waals surface area contributed by atoms with E-state index in [1.807, 2.05) is 37.3 Å². The number of carbonyl (C=O) groups excluding carboxylic acids is 1. The normalized spacial score (nSPS) is 18.7. The number of furan rings is 1. The SMILES string of the molecule is COCC1(C(=O)NC(C)c2cc3ccccc3o2)CCNCC1. The smallest absolute Gasteiger partial charge is 0.229 e. The van der Waals surface area contributed by atoms with E-state index in [1.165, 1.54) is 0 Å². The lowest BCUT2D eigenvalue weighted by Gasteiger charge is -2.36. The minimum Gasteiger partial charge on any atom is -0.459 e. The van der Waals surface area contributed by atoms with Crippen LogP contribution in [0.3, 0.4) is 0 Å². The second-order valence-electron chi connectivity index (χ2n) is 6.35. The van der Waals surface area contributed by atoms with Crippen LogP contribution in [0.2, 0.25) is 0 Å². The van der Waals surface area contributed by atoms with Gasteiger partial charge < -0.3 is 19.8 Å². The predicted octanol–water partition coefficient (Wildman–Crippen LogP) is 2.63. The Kier molecular flexibility index (Phi) is 4.68. The number of fused-ring (bicyclic) bond motifs is 1. The van der Waals surface area contributed by atoms with E-state index < -0.39 is 5.41 Å². The molecule has 0 aliphatic carbocycles. The molecule has 0 spiro atoms. The second kappa shape index (κ2) is 6.72. The highest BCUT2D eigenvalue weighted by atomic mass is 16.5. The van der Waals surface area contributed by atoms with Gasteiger partial charge in [-0.2, -0.15) is 0 Å². The number of hydrogen-bond donors (Lipinski definition) is 2. The topological polar surface area (TPSA) is 63.5 Å². The van der Waals surface area contributed by atoms with Crippen LogP contribution in [0.25, 0.3) is 11.0 Å². The number of piperidine rings is 1. The number of carbonyl (C=O) groups is 1. The first-order chi connectivity index (χ1) is 11.1. The van der Waals surface area contributed by atoms with Gasteiger partial charge in [-0.3, -0.25) is 4.79 Å². The molecule has 1 amide bonds. The van der Waals surface area contributed by atoms with Crippen molar-refractivity contribution in [2.24, 2.45) is 5.41 Å². The molecule has 1 aliphatic heterocycles. The molecule has 0 saturated carbocycles. The molecular weight excluding hydrogens is 292 g/mol. The zero-order valence-corrected chi connectivity index (χ0v) is 13.7. The maximum absolute atomic E-state index is 12.8. The van der Waals surface area contributed by atoms with E-state index in [9.17, 15) is 4.79 Å². The maximum Gasteiger partial charge on any atom is 0.229 e. The number of hydrogen-bond acceptors (Lipinski definition) is 4. The molecule has 1 saturated heterocycles. The second-order valence-corrected chi connectivity index (χ2v) is 6.35. The van der Waals surface area contributed by atoms with E-state index in [-0.39, 0.29) is 11.9 Å². The Morgan fingerprint density at radius 3 is 2.83 bits per heavy atom. The van der Waals surface area contributed by atoms with E-state index in [2.05, 4.69) is 10.6 Å². The third-order valence-electron chi connectivity index (χ3n) is 4.68. The first-order valence-electron chi connectivity index (χ1n) is 8.14. The Labute approximate surface area is 136 Å². The molecule has 5 nitrogen and oxygen atoms in total. The Morgan fingerprint density at radius 1 is 1.39 bits per heavy atom. The average molecular weight is 316 g/mol. The monoisotopic (exact) mass is 316 g/mol. The van der Waals surface area contributed by atoms with Gasteiger partial charge in [0.2, 0.25) is 5.91 Å². The summed E-state index contributed by atoms with van der Waals surface area (Å²) in [7, 11) is 1.65. The van der Waals surface area contributed by atoms with Crippen molar-refractivity contribution in [3.05, 3.63) is 36.1 Å². The van der Waals surface area contributed by atoms with Crippen molar-refractivity contribution >= 4 is 16.9 Å². The number of benzene rings is 1. The fraction of sp³-hybridized carbons (Fsp3) is 0.500. The number of amides is 1. The van der Waals surface area contributed by atoms with Crippen molar-refractivity contribution in [1.82, 2.24) is 10.6 Å². The molecule has 0 bridgehead atoms. The van der Waals surface area contributed by atoms with E-state index in [4.69, 9.17) is 9.15 Å². The number of para-hydroxylation sites is 1. The third-order valence-corrected chi connectivity index (χ3v) is 4.68. The highest BCUT2D eigenvalue weighted by Crippen LogP contribution is 2.31. The molecule has 2 aromatic rings. The summed E-state index contributed by atoms with van der Waals surface area (Å²) in [6.45, 7) is 4.09. The van der Waals surface area contributed by atoms with Gasteiger partial charge in [0.05, 0.1) is 18.1 Å². The van der Waals surface area contributed by atoms with Gasteiger partial charge in [0, 0.05) is 12.5 Å². The van der Waals surface area contributed by atoms with Gasteiger partial charge in [0.25, 0.3) is 0 Å². The molecule has 2 heterocycles. The molecule has 1 unspecified atom stereocenters. The fourth-order valence-corrected chi connectivity index (χ4v) is 3.26. The summed E-state index contributed by atoms with van der Waals surface area (Å²) in [4.78, 5) is 12.8. The van der Waals surface area contributed by atoms with Crippen molar-refractivity contribution in [2.45, 2.75) is 25.8 Å². The van der Waals surface area contributed by atoms with Gasteiger partial charge in [-0.1, -0.05) is 18.2 Å².